The first-order chi connectivity index (χ1) is 16.1. The van der Waals surface area contributed by atoms with E-state index in [-0.39, 0.29) is 19.2 Å². The summed E-state index contributed by atoms with van der Waals surface area (Å²) in [4.78, 5) is 22.7. The number of ether oxygens (including phenoxy) is 4. The molecule has 0 radical (unpaired) electrons. The van der Waals surface area contributed by atoms with Gasteiger partial charge in [-0.3, -0.25) is 9.59 Å². The number of hydrogen-bond donors (Lipinski definition) is 0. The van der Waals surface area contributed by atoms with Crippen molar-refractivity contribution in [2.75, 3.05) is 26.9 Å². The standard InChI is InChI=1S/C27H52O6/c1-4-6-8-9-10-11-12-13-14-15-16-17-18-19-20-21-26(29)32-24-27(30-3,23-31-25-28)33-22-7-5-2/h25H,4-24H2,1-3H3. The number of carbonyl (C=O) groups excluding carboxylic acids is 2. The maximum Gasteiger partial charge on any atom is 0.305 e. The second-order valence-corrected chi connectivity index (χ2v) is 9.08. The lowest BCUT2D eigenvalue weighted by atomic mass is 10.0. The van der Waals surface area contributed by atoms with E-state index in [0.717, 1.165) is 25.7 Å². The van der Waals surface area contributed by atoms with Crippen molar-refractivity contribution in [2.45, 2.75) is 135 Å². The highest BCUT2D eigenvalue weighted by Crippen LogP contribution is 2.17. The molecule has 0 rings (SSSR count). The van der Waals surface area contributed by atoms with Crippen LogP contribution in [0.25, 0.3) is 0 Å². The van der Waals surface area contributed by atoms with Gasteiger partial charge in [0.2, 0.25) is 5.79 Å². The van der Waals surface area contributed by atoms with Crippen molar-refractivity contribution in [3.8, 4) is 0 Å². The fraction of sp³-hybridized carbons (Fsp3) is 0.926. The lowest BCUT2D eigenvalue weighted by Gasteiger charge is -2.30. The third-order valence-electron chi connectivity index (χ3n) is 6.04. The zero-order valence-corrected chi connectivity index (χ0v) is 21.9. The van der Waals surface area contributed by atoms with E-state index < -0.39 is 5.79 Å². The third kappa shape index (κ3) is 20.0. The molecule has 196 valence electrons. The van der Waals surface area contributed by atoms with Crippen molar-refractivity contribution < 1.29 is 28.5 Å². The molecule has 0 amide bonds. The Morgan fingerprint density at radius 2 is 1.18 bits per heavy atom. The van der Waals surface area contributed by atoms with Gasteiger partial charge in [-0.2, -0.15) is 0 Å². The molecule has 1 atom stereocenters. The molecule has 0 heterocycles. The zero-order valence-electron chi connectivity index (χ0n) is 21.9. The summed E-state index contributed by atoms with van der Waals surface area (Å²) in [7, 11) is 1.46. The van der Waals surface area contributed by atoms with Gasteiger partial charge in [-0.1, -0.05) is 110 Å². The Morgan fingerprint density at radius 3 is 1.64 bits per heavy atom. The van der Waals surface area contributed by atoms with Gasteiger partial charge in [0.25, 0.3) is 6.47 Å². The van der Waals surface area contributed by atoms with Gasteiger partial charge in [-0.05, 0) is 12.8 Å². The molecule has 0 fully saturated rings. The summed E-state index contributed by atoms with van der Waals surface area (Å²) in [6.07, 6.45) is 21.6. The molecule has 0 bridgehead atoms. The molecule has 6 nitrogen and oxygen atoms in total. The number of unbranched alkanes of at least 4 members (excludes halogenated alkanes) is 15. The van der Waals surface area contributed by atoms with Gasteiger partial charge in [0.05, 0.1) is 6.61 Å². The number of rotatable bonds is 26. The normalized spacial score (nSPS) is 12.9. The fourth-order valence-electron chi connectivity index (χ4n) is 3.77. The van der Waals surface area contributed by atoms with Crippen LogP contribution in [-0.4, -0.2) is 45.2 Å². The molecule has 0 aliphatic heterocycles. The predicted octanol–water partition coefficient (Wildman–Crippen LogP) is 7.12. The average molecular weight is 473 g/mol. The molecule has 0 spiro atoms. The SMILES string of the molecule is CCCCCCCCCCCCCCCCCC(=O)OCC(COC=O)(OC)OCCCC. The van der Waals surface area contributed by atoms with Gasteiger partial charge < -0.3 is 18.9 Å². The van der Waals surface area contributed by atoms with E-state index in [2.05, 4.69) is 13.8 Å². The van der Waals surface area contributed by atoms with Crippen molar-refractivity contribution in [3.05, 3.63) is 0 Å². The summed E-state index contributed by atoms with van der Waals surface area (Å²) in [5.74, 6) is -1.50. The van der Waals surface area contributed by atoms with Crippen molar-refractivity contribution in [3.63, 3.8) is 0 Å². The van der Waals surface area contributed by atoms with Crippen molar-refractivity contribution in [1.82, 2.24) is 0 Å². The molecule has 0 saturated carbocycles. The molecule has 0 aliphatic rings. The minimum atomic E-state index is -1.24. The van der Waals surface area contributed by atoms with E-state index in [4.69, 9.17) is 18.9 Å². The quantitative estimate of drug-likeness (QED) is 0.0577. The summed E-state index contributed by atoms with van der Waals surface area (Å²) in [6, 6.07) is 0. The first-order valence-corrected chi connectivity index (χ1v) is 13.5. The largest absolute Gasteiger partial charge is 0.462 e. The van der Waals surface area contributed by atoms with Crippen molar-refractivity contribution in [2.24, 2.45) is 0 Å². The van der Waals surface area contributed by atoms with Crippen LogP contribution in [0.3, 0.4) is 0 Å². The summed E-state index contributed by atoms with van der Waals surface area (Å²) >= 11 is 0. The molecule has 1 unspecified atom stereocenters. The Morgan fingerprint density at radius 1 is 0.697 bits per heavy atom. The molecule has 0 aromatic rings. The molecular weight excluding hydrogens is 420 g/mol. The van der Waals surface area contributed by atoms with Gasteiger partial charge in [-0.25, -0.2) is 0 Å². The van der Waals surface area contributed by atoms with E-state index in [1.807, 2.05) is 0 Å². The molecule has 0 aromatic carbocycles. The Kier molecular flexibility index (Phi) is 23.2. The van der Waals surface area contributed by atoms with E-state index in [1.165, 1.54) is 90.6 Å². The van der Waals surface area contributed by atoms with Gasteiger partial charge in [0.15, 0.2) is 0 Å². The third-order valence-corrected chi connectivity index (χ3v) is 6.04. The van der Waals surface area contributed by atoms with Crippen LogP contribution in [0, 0.1) is 0 Å². The lowest BCUT2D eigenvalue weighted by Crippen LogP contribution is -2.45. The maximum atomic E-state index is 12.1. The topological polar surface area (TPSA) is 71.1 Å². The first kappa shape index (κ1) is 31.9. The summed E-state index contributed by atoms with van der Waals surface area (Å²) in [6.45, 7) is 4.92. The van der Waals surface area contributed by atoms with Gasteiger partial charge in [0.1, 0.15) is 13.2 Å². The Labute approximate surface area is 203 Å². The van der Waals surface area contributed by atoms with Crippen LogP contribution in [-0.2, 0) is 28.5 Å². The highest BCUT2D eigenvalue weighted by atomic mass is 16.7. The second kappa shape index (κ2) is 24.0. The monoisotopic (exact) mass is 472 g/mol. The van der Waals surface area contributed by atoms with Crippen LogP contribution in [0.5, 0.6) is 0 Å². The molecule has 6 heteroatoms. The fourth-order valence-corrected chi connectivity index (χ4v) is 3.77. The van der Waals surface area contributed by atoms with E-state index in [9.17, 15) is 9.59 Å². The highest BCUT2D eigenvalue weighted by molar-refractivity contribution is 5.69. The lowest BCUT2D eigenvalue weighted by molar-refractivity contribution is -0.264. The Balaban J connectivity index is 3.70. The molecule has 0 aliphatic carbocycles. The molecule has 33 heavy (non-hydrogen) atoms. The molecule has 0 saturated heterocycles. The van der Waals surface area contributed by atoms with Crippen LogP contribution >= 0.6 is 0 Å². The molecule has 0 aromatic heterocycles. The van der Waals surface area contributed by atoms with E-state index in [1.54, 1.807) is 0 Å². The Hall–Kier alpha value is -1.14. The number of methoxy groups -OCH3 is 1. The van der Waals surface area contributed by atoms with Crippen LogP contribution in [0.4, 0.5) is 0 Å². The van der Waals surface area contributed by atoms with Crippen molar-refractivity contribution in [1.29, 1.82) is 0 Å². The van der Waals surface area contributed by atoms with E-state index >= 15 is 0 Å². The first-order valence-electron chi connectivity index (χ1n) is 13.5. The van der Waals surface area contributed by atoms with Crippen LogP contribution in [0.2, 0.25) is 0 Å². The summed E-state index contributed by atoms with van der Waals surface area (Å²) < 4.78 is 21.3. The Bertz CT molecular complexity index is 442. The molecule has 0 N–H and O–H groups in total. The van der Waals surface area contributed by atoms with Gasteiger partial charge >= 0.3 is 5.97 Å². The minimum absolute atomic E-state index is 0.0847. The van der Waals surface area contributed by atoms with Gasteiger partial charge in [-0.15, -0.1) is 0 Å². The highest BCUT2D eigenvalue weighted by Gasteiger charge is 2.34. The van der Waals surface area contributed by atoms with Crippen molar-refractivity contribution >= 4 is 12.4 Å². The minimum Gasteiger partial charge on any atom is -0.462 e. The van der Waals surface area contributed by atoms with E-state index in [0.29, 0.717) is 19.5 Å². The maximum absolute atomic E-state index is 12.1. The number of hydrogen-bond acceptors (Lipinski definition) is 6. The summed E-state index contributed by atoms with van der Waals surface area (Å²) in [5, 5.41) is 0. The summed E-state index contributed by atoms with van der Waals surface area (Å²) in [5.41, 5.74) is 0. The van der Waals surface area contributed by atoms with Crippen LogP contribution < -0.4 is 0 Å². The van der Waals surface area contributed by atoms with Crippen LogP contribution in [0.15, 0.2) is 0 Å². The predicted molar refractivity (Wildman–Crippen MR) is 133 cm³/mol. The second-order valence-electron chi connectivity index (χ2n) is 9.08. The van der Waals surface area contributed by atoms with Crippen LogP contribution in [0.1, 0.15) is 129 Å². The molecular formula is C27H52O6. The number of esters is 1. The number of carbonyl (C=O) groups is 2. The zero-order chi connectivity index (χ0) is 24.5. The average Bonchev–Trinajstić information content (AvgIpc) is 2.83. The van der Waals surface area contributed by atoms with Gasteiger partial charge in [0, 0.05) is 13.5 Å². The smallest absolute Gasteiger partial charge is 0.305 e.